The summed E-state index contributed by atoms with van der Waals surface area (Å²) in [4.78, 5) is 42.5. The summed E-state index contributed by atoms with van der Waals surface area (Å²) in [7, 11) is 1.52. The third kappa shape index (κ3) is 6.15. The number of methoxy groups -OCH3 is 1. The zero-order valence-corrected chi connectivity index (χ0v) is 24.2. The van der Waals surface area contributed by atoms with E-state index < -0.39 is 17.8 Å². The average Bonchev–Trinajstić information content (AvgIpc) is 3.57. The molecule has 0 aliphatic carbocycles. The number of carbonyl (C=O) groups is 3. The van der Waals surface area contributed by atoms with Crippen LogP contribution in [0.4, 0.5) is 11.5 Å². The van der Waals surface area contributed by atoms with E-state index in [-0.39, 0.29) is 18.3 Å². The molecule has 1 saturated heterocycles. The van der Waals surface area contributed by atoms with Crippen LogP contribution in [0.15, 0.2) is 54.9 Å². The van der Waals surface area contributed by atoms with E-state index in [4.69, 9.17) is 25.5 Å². The molecule has 14 heteroatoms. The third-order valence-electron chi connectivity index (χ3n) is 7.33. The van der Waals surface area contributed by atoms with Gasteiger partial charge in [0.15, 0.2) is 5.65 Å². The number of piperidine rings is 1. The summed E-state index contributed by atoms with van der Waals surface area (Å²) in [5.74, 6) is -1.82. The van der Waals surface area contributed by atoms with Crippen LogP contribution in [0.1, 0.15) is 36.3 Å². The number of ether oxygens (including phenoxy) is 1. The van der Waals surface area contributed by atoms with Gasteiger partial charge in [-0.1, -0.05) is 24.3 Å². The Balaban J connectivity index is 0.000000906. The van der Waals surface area contributed by atoms with Crippen LogP contribution >= 0.6 is 0 Å². The fourth-order valence-corrected chi connectivity index (χ4v) is 5.44. The minimum atomic E-state index is -1.08. The van der Waals surface area contributed by atoms with Crippen LogP contribution in [0.3, 0.4) is 0 Å². The lowest BCUT2D eigenvalue weighted by molar-refractivity contribution is -0.664. The summed E-state index contributed by atoms with van der Waals surface area (Å²) < 4.78 is 9.09. The number of hydrogen-bond acceptors (Lipinski definition) is 9. The predicted molar refractivity (Wildman–Crippen MR) is 160 cm³/mol. The van der Waals surface area contributed by atoms with Crippen molar-refractivity contribution < 1.29 is 34.7 Å². The molecular weight excluding hydrogens is 568 g/mol. The minimum Gasteiger partial charge on any atom is -0.550 e. The standard InChI is InChI=1S/C28H28N8O4.C2H4O2/c1-40-22-13-17(25-24-26(29)31-15-32-27(24)36(34-25)18-8-10-30-11-9-18)6-7-19(22)33-28(39)21-12-16-4-2-3-5-20(16)35(21)14-23(37)38;1-2(3)4/h2-7,12-13,15,18,30H,8-11,14H2,1H3,(H,33,39)(H,37,38)(H2,29,31,32);1H3,(H,3,4). The second-order valence-electron chi connectivity index (χ2n) is 10.3. The second kappa shape index (κ2) is 12.8. The molecule has 0 saturated carbocycles. The number of fused-ring (bicyclic) bond motifs is 2. The number of para-hydroxylation sites is 1. The maximum absolute atomic E-state index is 13.4. The molecule has 44 heavy (non-hydrogen) atoms. The number of nitrogens with zero attached hydrogens (tertiary/aromatic N) is 5. The molecule has 3 aromatic heterocycles. The Bertz CT molecular complexity index is 1850. The first kappa shape index (κ1) is 30.0. The van der Waals surface area contributed by atoms with E-state index >= 15 is 0 Å². The highest BCUT2D eigenvalue weighted by Crippen LogP contribution is 2.37. The van der Waals surface area contributed by atoms with E-state index in [0.717, 1.165) is 43.8 Å². The van der Waals surface area contributed by atoms with Crippen molar-refractivity contribution in [3.63, 3.8) is 0 Å². The number of nitrogens with one attached hydrogen (secondary N) is 1. The number of carboxylic acids is 2. The number of carboxylic acid groups (broad SMARTS) is 2. The number of carbonyl (C=O) groups excluding carboxylic acids is 2. The number of aromatic nitrogens is 5. The summed E-state index contributed by atoms with van der Waals surface area (Å²) in [6, 6.07) is 14.5. The van der Waals surface area contributed by atoms with Gasteiger partial charge in [0.2, 0.25) is 0 Å². The number of amides is 1. The minimum absolute atomic E-state index is 0.216. The van der Waals surface area contributed by atoms with Gasteiger partial charge in [-0.2, -0.15) is 5.10 Å². The number of nitrogen functional groups attached to an aromatic ring is 1. The van der Waals surface area contributed by atoms with Gasteiger partial charge in [-0.3, -0.25) is 9.59 Å². The van der Waals surface area contributed by atoms with Crippen LogP contribution in [0, 0.1) is 0 Å². The average molecular weight is 601 g/mol. The van der Waals surface area contributed by atoms with Gasteiger partial charge in [-0.05, 0) is 31.2 Å². The van der Waals surface area contributed by atoms with Crippen LogP contribution in [0.25, 0.3) is 33.2 Å². The SMILES string of the molecule is CC(=O)[O-].COc1cc(-c2nn(C3CC[NH2+]CC3)c3ncnc(N)c23)ccc1NC(=O)c1cc2ccccc2n1CC(=O)O. The van der Waals surface area contributed by atoms with Crippen LogP contribution in [-0.4, -0.2) is 67.5 Å². The monoisotopic (exact) mass is 600 g/mol. The Hall–Kier alpha value is -5.50. The van der Waals surface area contributed by atoms with E-state index in [2.05, 4.69) is 20.6 Å². The van der Waals surface area contributed by atoms with E-state index in [0.29, 0.717) is 39.5 Å². The van der Waals surface area contributed by atoms with Gasteiger partial charge in [0.25, 0.3) is 5.91 Å². The lowest BCUT2D eigenvalue weighted by Crippen LogP contribution is -2.86. The Labute approximate surface area is 251 Å². The number of rotatable bonds is 7. The Morgan fingerprint density at radius 3 is 2.57 bits per heavy atom. The molecular formula is C30H32N8O6. The molecule has 6 N–H and O–H groups in total. The van der Waals surface area contributed by atoms with E-state index in [1.807, 2.05) is 22.9 Å². The third-order valence-corrected chi connectivity index (χ3v) is 7.33. The van der Waals surface area contributed by atoms with Gasteiger partial charge in [-0.15, -0.1) is 0 Å². The number of aliphatic carboxylic acids is 2. The largest absolute Gasteiger partial charge is 0.550 e. The smallest absolute Gasteiger partial charge is 0.323 e. The zero-order chi connectivity index (χ0) is 31.4. The van der Waals surface area contributed by atoms with Crippen molar-refractivity contribution in [3.05, 3.63) is 60.6 Å². The van der Waals surface area contributed by atoms with Gasteiger partial charge in [0.1, 0.15) is 35.8 Å². The van der Waals surface area contributed by atoms with Gasteiger partial charge in [-0.25, -0.2) is 14.6 Å². The van der Waals surface area contributed by atoms with Gasteiger partial charge in [0, 0.05) is 35.3 Å². The molecule has 14 nitrogen and oxygen atoms in total. The molecule has 0 bridgehead atoms. The maximum Gasteiger partial charge on any atom is 0.323 e. The highest BCUT2D eigenvalue weighted by molar-refractivity contribution is 6.07. The highest BCUT2D eigenvalue weighted by atomic mass is 16.5. The molecule has 1 aliphatic heterocycles. The number of hydrogen-bond donors (Lipinski definition) is 4. The van der Waals surface area contributed by atoms with E-state index in [1.54, 1.807) is 30.3 Å². The summed E-state index contributed by atoms with van der Waals surface area (Å²) >= 11 is 0. The van der Waals surface area contributed by atoms with Crippen molar-refractivity contribution in [1.29, 1.82) is 0 Å². The molecule has 4 heterocycles. The molecule has 0 spiro atoms. The van der Waals surface area contributed by atoms with Crippen molar-refractivity contribution in [2.24, 2.45) is 0 Å². The molecule has 6 rings (SSSR count). The van der Waals surface area contributed by atoms with Crippen molar-refractivity contribution in [3.8, 4) is 17.0 Å². The van der Waals surface area contributed by atoms with Crippen molar-refractivity contribution in [2.45, 2.75) is 32.4 Å². The number of quaternary nitrogens is 1. The first-order valence-corrected chi connectivity index (χ1v) is 14.0. The van der Waals surface area contributed by atoms with Crippen LogP contribution in [0.2, 0.25) is 0 Å². The van der Waals surface area contributed by atoms with Crippen LogP contribution in [-0.2, 0) is 16.1 Å². The molecule has 1 fully saturated rings. The molecule has 0 unspecified atom stereocenters. The summed E-state index contributed by atoms with van der Waals surface area (Å²) in [6.07, 6.45) is 3.41. The molecule has 1 amide bonds. The normalized spacial score (nSPS) is 13.3. The zero-order valence-electron chi connectivity index (χ0n) is 24.2. The van der Waals surface area contributed by atoms with Crippen molar-refractivity contribution >= 4 is 51.3 Å². The molecule has 0 atom stereocenters. The van der Waals surface area contributed by atoms with Crippen molar-refractivity contribution in [1.82, 2.24) is 24.3 Å². The number of anilines is 2. The Morgan fingerprint density at radius 1 is 1.14 bits per heavy atom. The fraction of sp³-hybridized carbons (Fsp3) is 0.267. The van der Waals surface area contributed by atoms with E-state index in [9.17, 15) is 14.7 Å². The number of benzene rings is 2. The molecule has 1 aliphatic rings. The second-order valence-corrected chi connectivity index (χ2v) is 10.3. The Kier molecular flexibility index (Phi) is 8.71. The molecule has 0 radical (unpaired) electrons. The summed E-state index contributed by atoms with van der Waals surface area (Å²) in [5.41, 5.74) is 9.70. The van der Waals surface area contributed by atoms with Gasteiger partial charge >= 0.3 is 5.97 Å². The lowest BCUT2D eigenvalue weighted by Gasteiger charge is -2.21. The fourth-order valence-electron chi connectivity index (χ4n) is 5.44. The quantitative estimate of drug-likeness (QED) is 0.209. The molecule has 228 valence electrons. The molecule has 2 aromatic carbocycles. The maximum atomic E-state index is 13.4. The summed E-state index contributed by atoms with van der Waals surface area (Å²) in [5, 5.41) is 29.9. The lowest BCUT2D eigenvalue weighted by atomic mass is 10.1. The highest BCUT2D eigenvalue weighted by Gasteiger charge is 2.25. The Morgan fingerprint density at radius 2 is 1.86 bits per heavy atom. The van der Waals surface area contributed by atoms with Gasteiger partial charge in [0.05, 0.1) is 37.3 Å². The predicted octanol–water partition coefficient (Wildman–Crippen LogP) is 1.03. The van der Waals surface area contributed by atoms with E-state index in [1.165, 1.54) is 18.0 Å². The number of nitrogens with two attached hydrogens (primary N) is 2. The first-order chi connectivity index (χ1) is 21.2. The van der Waals surface area contributed by atoms with Gasteiger partial charge < -0.3 is 40.7 Å². The van der Waals surface area contributed by atoms with Crippen LogP contribution < -0.4 is 26.2 Å². The molecule has 5 aromatic rings. The van der Waals surface area contributed by atoms with Crippen LogP contribution in [0.5, 0.6) is 5.75 Å². The summed E-state index contributed by atoms with van der Waals surface area (Å²) in [6.45, 7) is 2.68. The first-order valence-electron chi connectivity index (χ1n) is 14.0. The van der Waals surface area contributed by atoms with Crippen molar-refractivity contribution in [2.75, 3.05) is 31.2 Å². The topological polar surface area (TPSA) is 207 Å².